The first-order valence-corrected chi connectivity index (χ1v) is 7.69. The van der Waals surface area contributed by atoms with Crippen LogP contribution in [-0.4, -0.2) is 22.4 Å². The van der Waals surface area contributed by atoms with Crippen LogP contribution in [0, 0.1) is 41.4 Å². The SMILES string of the molecule is O[C@@H]1[C@@H]2[C@H]3C[C@@H]4[C@H]5[C@H]3[C@@H]1[C@@](c1ccccc1)([C@H]42)[C@H]5O. The Labute approximate surface area is 112 Å². The highest BCUT2D eigenvalue weighted by Gasteiger charge is 2.89. The Morgan fingerprint density at radius 1 is 0.895 bits per heavy atom. The summed E-state index contributed by atoms with van der Waals surface area (Å²) >= 11 is 0. The molecule has 19 heavy (non-hydrogen) atoms. The zero-order valence-electron chi connectivity index (χ0n) is 10.7. The zero-order valence-corrected chi connectivity index (χ0v) is 10.7. The molecule has 2 nitrogen and oxygen atoms in total. The van der Waals surface area contributed by atoms with Gasteiger partial charge in [0.15, 0.2) is 0 Å². The van der Waals surface area contributed by atoms with E-state index in [0.29, 0.717) is 35.5 Å². The van der Waals surface area contributed by atoms with Crippen molar-refractivity contribution < 1.29 is 10.2 Å². The van der Waals surface area contributed by atoms with Crippen LogP contribution in [0.2, 0.25) is 0 Å². The molecule has 0 saturated heterocycles. The minimum absolute atomic E-state index is 0.0989. The second kappa shape index (κ2) is 2.64. The van der Waals surface area contributed by atoms with Gasteiger partial charge >= 0.3 is 0 Å². The lowest BCUT2D eigenvalue weighted by molar-refractivity contribution is 0.0683. The van der Waals surface area contributed by atoms with Crippen LogP contribution in [0.1, 0.15) is 12.0 Å². The third-order valence-electron chi connectivity index (χ3n) is 7.76. The maximum atomic E-state index is 11.0. The van der Waals surface area contributed by atoms with E-state index in [1.807, 2.05) is 6.07 Å². The molecule has 10 atom stereocenters. The Hall–Kier alpha value is -0.860. The van der Waals surface area contributed by atoms with Crippen molar-refractivity contribution in [2.75, 3.05) is 0 Å². The van der Waals surface area contributed by atoms with Crippen LogP contribution >= 0.6 is 0 Å². The average Bonchev–Trinajstić information content (AvgIpc) is 3.15. The smallest absolute Gasteiger partial charge is 0.0677 e. The summed E-state index contributed by atoms with van der Waals surface area (Å²) in [6.45, 7) is 0. The predicted octanol–water partition coefficient (Wildman–Crippen LogP) is 1.42. The van der Waals surface area contributed by atoms with Crippen LogP contribution in [0.15, 0.2) is 30.3 Å². The lowest BCUT2D eigenvalue weighted by Gasteiger charge is -2.42. The van der Waals surface area contributed by atoms with Crippen molar-refractivity contribution in [3.63, 3.8) is 0 Å². The van der Waals surface area contributed by atoms with Gasteiger partial charge in [0, 0.05) is 11.3 Å². The molecule has 0 unspecified atom stereocenters. The Morgan fingerprint density at radius 2 is 1.68 bits per heavy atom. The van der Waals surface area contributed by atoms with Crippen molar-refractivity contribution in [3.8, 4) is 0 Å². The average molecular weight is 254 g/mol. The number of hydrogen-bond donors (Lipinski definition) is 2. The van der Waals surface area contributed by atoms with Gasteiger partial charge in [0.25, 0.3) is 0 Å². The van der Waals surface area contributed by atoms with Crippen molar-refractivity contribution in [1.82, 2.24) is 0 Å². The molecule has 1 aromatic rings. The summed E-state index contributed by atoms with van der Waals surface area (Å²) in [4.78, 5) is 0. The molecular weight excluding hydrogens is 236 g/mol. The van der Waals surface area contributed by atoms with Gasteiger partial charge in [-0.05, 0) is 47.5 Å². The molecule has 0 aromatic heterocycles. The fourth-order valence-corrected chi connectivity index (χ4v) is 7.93. The fourth-order valence-electron chi connectivity index (χ4n) is 7.93. The van der Waals surface area contributed by atoms with E-state index in [-0.39, 0.29) is 17.6 Å². The second-order valence-electron chi connectivity index (χ2n) is 7.58. The first-order chi connectivity index (χ1) is 9.28. The molecule has 6 aliphatic rings. The predicted molar refractivity (Wildman–Crippen MR) is 69.2 cm³/mol. The van der Waals surface area contributed by atoms with E-state index >= 15 is 0 Å². The van der Waals surface area contributed by atoms with Gasteiger partial charge in [0.1, 0.15) is 0 Å². The van der Waals surface area contributed by atoms with Gasteiger partial charge in [0.2, 0.25) is 0 Å². The van der Waals surface area contributed by atoms with Gasteiger partial charge in [-0.2, -0.15) is 0 Å². The summed E-state index contributed by atoms with van der Waals surface area (Å²) in [6, 6.07) is 10.6. The number of rotatable bonds is 1. The Kier molecular flexibility index (Phi) is 1.38. The van der Waals surface area contributed by atoms with Gasteiger partial charge in [-0.25, -0.2) is 0 Å². The third-order valence-corrected chi connectivity index (χ3v) is 7.76. The van der Waals surface area contributed by atoms with Crippen LogP contribution in [0.4, 0.5) is 0 Å². The van der Waals surface area contributed by atoms with Crippen molar-refractivity contribution in [2.45, 2.75) is 24.0 Å². The van der Waals surface area contributed by atoms with Gasteiger partial charge in [-0.15, -0.1) is 0 Å². The second-order valence-corrected chi connectivity index (χ2v) is 7.58. The highest BCUT2D eigenvalue weighted by molar-refractivity contribution is 5.47. The number of hydrogen-bond acceptors (Lipinski definition) is 2. The molecule has 6 saturated carbocycles. The molecule has 0 aliphatic heterocycles. The van der Waals surface area contributed by atoms with Gasteiger partial charge in [-0.3, -0.25) is 0 Å². The summed E-state index contributed by atoms with van der Waals surface area (Å²) in [5.74, 6) is 3.93. The monoisotopic (exact) mass is 254 g/mol. The van der Waals surface area contributed by atoms with Crippen molar-refractivity contribution >= 4 is 0 Å². The van der Waals surface area contributed by atoms with Gasteiger partial charge < -0.3 is 10.2 Å². The highest BCUT2D eigenvalue weighted by atomic mass is 16.3. The van der Waals surface area contributed by atoms with E-state index in [2.05, 4.69) is 24.3 Å². The quantitative estimate of drug-likeness (QED) is 0.795. The minimum atomic E-state index is -0.202. The highest BCUT2D eigenvalue weighted by Crippen LogP contribution is 2.86. The maximum Gasteiger partial charge on any atom is 0.0677 e. The van der Waals surface area contributed by atoms with Crippen molar-refractivity contribution in [3.05, 3.63) is 35.9 Å². The molecule has 98 valence electrons. The zero-order chi connectivity index (χ0) is 12.5. The summed E-state index contributed by atoms with van der Waals surface area (Å²) in [7, 11) is 0. The lowest BCUT2D eigenvalue weighted by Crippen LogP contribution is -2.44. The number of benzene rings is 1. The number of aliphatic hydroxyl groups excluding tert-OH is 2. The van der Waals surface area contributed by atoms with Crippen LogP contribution in [0.5, 0.6) is 0 Å². The molecule has 0 radical (unpaired) electrons. The molecule has 1 aromatic carbocycles. The number of aliphatic hydroxyl groups is 2. The first kappa shape index (κ1) is 9.95. The normalized spacial score (nSPS) is 65.9. The van der Waals surface area contributed by atoms with Gasteiger partial charge in [-0.1, -0.05) is 30.3 Å². The molecule has 6 fully saturated rings. The molecule has 7 rings (SSSR count). The summed E-state index contributed by atoms with van der Waals surface area (Å²) < 4.78 is 0. The van der Waals surface area contributed by atoms with Crippen LogP contribution in [0.25, 0.3) is 0 Å². The Morgan fingerprint density at radius 3 is 2.47 bits per heavy atom. The molecule has 2 heteroatoms. The third kappa shape index (κ3) is 0.696. The summed E-state index contributed by atoms with van der Waals surface area (Å²) in [5.41, 5.74) is 1.20. The largest absolute Gasteiger partial charge is 0.392 e. The standard InChI is InChI=1S/C17H18O2/c18-15-12-8-6-9-11-10(8)14(15)17(13(9)12,16(11)19)7-4-2-1-3-5-7/h1-5,8-16,18-19H,6H2/t8-,9+,10-,11-,12+,13+,14-,15+,16-,17+/m0/s1. The van der Waals surface area contributed by atoms with Gasteiger partial charge in [0.05, 0.1) is 12.2 Å². The molecule has 0 amide bonds. The molecule has 6 aliphatic carbocycles. The Bertz CT molecular complexity index is 580. The minimum Gasteiger partial charge on any atom is -0.392 e. The molecule has 2 N–H and O–H groups in total. The lowest BCUT2D eigenvalue weighted by atomic mass is 9.61. The van der Waals surface area contributed by atoms with E-state index in [0.717, 1.165) is 5.92 Å². The van der Waals surface area contributed by atoms with E-state index in [4.69, 9.17) is 0 Å². The summed E-state index contributed by atoms with van der Waals surface area (Å²) in [5, 5.41) is 21.8. The van der Waals surface area contributed by atoms with Crippen LogP contribution in [0.3, 0.4) is 0 Å². The fraction of sp³-hybridized carbons (Fsp3) is 0.647. The molecule has 0 heterocycles. The first-order valence-electron chi connectivity index (χ1n) is 7.69. The maximum absolute atomic E-state index is 11.0. The molecule has 0 spiro atoms. The van der Waals surface area contributed by atoms with Crippen LogP contribution < -0.4 is 0 Å². The Balaban J connectivity index is 1.68. The van der Waals surface area contributed by atoms with Crippen LogP contribution in [-0.2, 0) is 5.41 Å². The van der Waals surface area contributed by atoms with E-state index in [1.54, 1.807) is 0 Å². The topological polar surface area (TPSA) is 40.5 Å². The van der Waals surface area contributed by atoms with E-state index in [1.165, 1.54) is 12.0 Å². The summed E-state index contributed by atoms with van der Waals surface area (Å²) in [6.07, 6.45) is 0.934. The van der Waals surface area contributed by atoms with E-state index in [9.17, 15) is 10.2 Å². The van der Waals surface area contributed by atoms with Crippen molar-refractivity contribution in [2.24, 2.45) is 41.4 Å². The molecule has 6 bridgehead atoms. The molecular formula is C17H18O2. The van der Waals surface area contributed by atoms with E-state index < -0.39 is 0 Å². The van der Waals surface area contributed by atoms with Crippen molar-refractivity contribution in [1.29, 1.82) is 0 Å².